The van der Waals surface area contributed by atoms with Gasteiger partial charge in [-0.25, -0.2) is 9.37 Å². The number of ether oxygens (including phenoxy) is 1. The second kappa shape index (κ2) is 10.5. The predicted molar refractivity (Wildman–Crippen MR) is 135 cm³/mol. The minimum Gasteiger partial charge on any atom is -0.497 e. The maximum absolute atomic E-state index is 14.4. The number of aromatic nitrogens is 2. The standard InChI is InChI=1S/C27H27FN4O2S/c1-34-21-9-11-22(12-10-21)35-23-14-25(32(18-23)16-19-6-2-3-7-24(19)28)27(33)29-15-20-17-31-13-5-4-8-26(31)30-20/h2-13,17,23,25H,14-16,18H2,1H3,(H,29,33)/t23-,25+/m1/s1. The van der Waals surface area contributed by atoms with E-state index in [9.17, 15) is 9.18 Å². The van der Waals surface area contributed by atoms with Gasteiger partial charge in [-0.2, -0.15) is 0 Å². The minimum atomic E-state index is -0.345. The Balaban J connectivity index is 1.29. The molecule has 2 atom stereocenters. The Morgan fingerprint density at radius 2 is 1.94 bits per heavy atom. The van der Waals surface area contributed by atoms with Crippen molar-refractivity contribution in [1.29, 1.82) is 0 Å². The number of nitrogens with zero attached hydrogens (tertiary/aromatic N) is 3. The Labute approximate surface area is 208 Å². The summed E-state index contributed by atoms with van der Waals surface area (Å²) < 4.78 is 21.6. The fourth-order valence-electron chi connectivity index (χ4n) is 4.45. The molecule has 180 valence electrons. The molecule has 0 spiro atoms. The first-order valence-electron chi connectivity index (χ1n) is 11.6. The number of thioether (sulfide) groups is 1. The molecule has 1 aliphatic heterocycles. The number of fused-ring (bicyclic) bond motifs is 1. The summed E-state index contributed by atoms with van der Waals surface area (Å²) >= 11 is 1.74. The van der Waals surface area contributed by atoms with Crippen molar-refractivity contribution < 1.29 is 13.9 Å². The Morgan fingerprint density at radius 1 is 1.14 bits per heavy atom. The lowest BCUT2D eigenvalue weighted by molar-refractivity contribution is -0.125. The van der Waals surface area contributed by atoms with Gasteiger partial charge in [0, 0.05) is 41.2 Å². The van der Waals surface area contributed by atoms with Gasteiger partial charge in [0.15, 0.2) is 0 Å². The number of hydrogen-bond donors (Lipinski definition) is 1. The lowest BCUT2D eigenvalue weighted by Crippen LogP contribution is -2.42. The zero-order valence-corrected chi connectivity index (χ0v) is 20.2. The molecule has 0 saturated carbocycles. The van der Waals surface area contributed by atoms with Crippen LogP contribution in [0.25, 0.3) is 5.65 Å². The summed E-state index contributed by atoms with van der Waals surface area (Å²) in [6, 6.07) is 20.2. The largest absolute Gasteiger partial charge is 0.497 e. The lowest BCUT2D eigenvalue weighted by atomic mass is 10.1. The third-order valence-corrected chi connectivity index (χ3v) is 7.44. The number of benzene rings is 2. The van der Waals surface area contributed by atoms with Crippen LogP contribution in [0.5, 0.6) is 5.75 Å². The summed E-state index contributed by atoms with van der Waals surface area (Å²) in [4.78, 5) is 21.1. The van der Waals surface area contributed by atoms with Gasteiger partial charge in [0.05, 0.1) is 25.4 Å². The molecule has 1 aliphatic rings. The number of amides is 1. The van der Waals surface area contributed by atoms with Crippen LogP contribution in [-0.4, -0.2) is 45.1 Å². The lowest BCUT2D eigenvalue weighted by Gasteiger charge is -2.23. The van der Waals surface area contributed by atoms with Crippen molar-refractivity contribution in [1.82, 2.24) is 19.6 Å². The molecule has 0 bridgehead atoms. The van der Waals surface area contributed by atoms with Crippen molar-refractivity contribution in [2.75, 3.05) is 13.7 Å². The molecule has 0 aliphatic carbocycles. The highest BCUT2D eigenvalue weighted by Crippen LogP contribution is 2.34. The van der Waals surface area contributed by atoms with Crippen LogP contribution < -0.4 is 10.1 Å². The normalized spacial score (nSPS) is 18.1. The molecule has 35 heavy (non-hydrogen) atoms. The van der Waals surface area contributed by atoms with Crippen molar-refractivity contribution in [3.63, 3.8) is 0 Å². The molecule has 6 nitrogen and oxygen atoms in total. The van der Waals surface area contributed by atoms with Crippen LogP contribution in [0.4, 0.5) is 4.39 Å². The number of rotatable bonds is 8. The molecule has 0 unspecified atom stereocenters. The first-order chi connectivity index (χ1) is 17.1. The summed E-state index contributed by atoms with van der Waals surface area (Å²) in [6.07, 6.45) is 4.54. The maximum Gasteiger partial charge on any atom is 0.237 e. The Morgan fingerprint density at radius 3 is 2.71 bits per heavy atom. The number of halogens is 1. The van der Waals surface area contributed by atoms with Crippen LogP contribution in [-0.2, 0) is 17.9 Å². The molecular formula is C27H27FN4O2S. The van der Waals surface area contributed by atoms with Gasteiger partial charge in [-0.1, -0.05) is 24.3 Å². The van der Waals surface area contributed by atoms with Gasteiger partial charge in [0.25, 0.3) is 0 Å². The van der Waals surface area contributed by atoms with E-state index in [0.717, 1.165) is 22.0 Å². The highest BCUT2D eigenvalue weighted by Gasteiger charge is 2.37. The molecule has 1 saturated heterocycles. The summed E-state index contributed by atoms with van der Waals surface area (Å²) in [5, 5.41) is 3.27. The third kappa shape index (κ3) is 5.49. The number of pyridine rings is 1. The number of imidazole rings is 1. The summed E-state index contributed by atoms with van der Waals surface area (Å²) in [5.41, 5.74) is 2.24. The molecule has 8 heteroatoms. The van der Waals surface area contributed by atoms with E-state index >= 15 is 0 Å². The Kier molecular flexibility index (Phi) is 7.01. The van der Waals surface area contributed by atoms with Crippen molar-refractivity contribution in [3.05, 3.63) is 96.2 Å². The van der Waals surface area contributed by atoms with Crippen LogP contribution >= 0.6 is 11.8 Å². The van der Waals surface area contributed by atoms with E-state index < -0.39 is 0 Å². The molecule has 1 amide bonds. The van der Waals surface area contributed by atoms with Crippen LogP contribution in [0.1, 0.15) is 17.7 Å². The Bertz CT molecular complexity index is 1280. The van der Waals surface area contributed by atoms with Gasteiger partial charge in [0.2, 0.25) is 5.91 Å². The van der Waals surface area contributed by atoms with E-state index in [0.29, 0.717) is 31.6 Å². The van der Waals surface area contributed by atoms with Gasteiger partial charge in [-0.05, 0) is 48.9 Å². The van der Waals surface area contributed by atoms with Crippen LogP contribution in [0, 0.1) is 5.82 Å². The smallest absolute Gasteiger partial charge is 0.237 e. The van der Waals surface area contributed by atoms with Gasteiger partial charge in [0.1, 0.15) is 17.2 Å². The van der Waals surface area contributed by atoms with Gasteiger partial charge >= 0.3 is 0 Å². The summed E-state index contributed by atoms with van der Waals surface area (Å²) in [6.45, 7) is 1.43. The van der Waals surface area contributed by atoms with Crippen molar-refractivity contribution in [3.8, 4) is 5.75 Å². The zero-order chi connectivity index (χ0) is 24.2. The van der Waals surface area contributed by atoms with Crippen molar-refractivity contribution in [2.24, 2.45) is 0 Å². The molecule has 0 radical (unpaired) electrons. The van der Waals surface area contributed by atoms with Crippen molar-refractivity contribution in [2.45, 2.75) is 35.7 Å². The van der Waals surface area contributed by atoms with Crippen LogP contribution in [0.3, 0.4) is 0 Å². The van der Waals surface area contributed by atoms with E-state index in [1.165, 1.54) is 6.07 Å². The van der Waals surface area contributed by atoms with Gasteiger partial charge in [-0.3, -0.25) is 9.69 Å². The quantitative estimate of drug-likeness (QED) is 0.393. The van der Waals surface area contributed by atoms with Crippen LogP contribution in [0.15, 0.2) is 84.0 Å². The highest BCUT2D eigenvalue weighted by atomic mass is 32.2. The Hall–Kier alpha value is -3.36. The van der Waals surface area contributed by atoms with E-state index in [-0.39, 0.29) is 23.0 Å². The van der Waals surface area contributed by atoms with Crippen molar-refractivity contribution >= 4 is 23.3 Å². The molecule has 3 heterocycles. The fourth-order valence-corrected chi connectivity index (χ4v) is 5.68. The topological polar surface area (TPSA) is 58.9 Å². The first kappa shape index (κ1) is 23.4. The third-order valence-electron chi connectivity index (χ3n) is 6.22. The number of likely N-dealkylation sites (tertiary alicyclic amines) is 1. The predicted octanol–water partition coefficient (Wildman–Crippen LogP) is 4.53. The number of carbonyl (C=O) groups excluding carboxylic acids is 1. The molecule has 4 aromatic rings. The number of carbonyl (C=O) groups is 1. The minimum absolute atomic E-state index is 0.0590. The molecular weight excluding hydrogens is 463 g/mol. The average molecular weight is 491 g/mol. The number of hydrogen-bond acceptors (Lipinski definition) is 5. The second-order valence-electron chi connectivity index (χ2n) is 8.60. The van der Waals surface area contributed by atoms with E-state index in [4.69, 9.17) is 4.74 Å². The molecule has 5 rings (SSSR count). The zero-order valence-electron chi connectivity index (χ0n) is 19.4. The van der Waals surface area contributed by atoms with E-state index in [1.807, 2.05) is 65.3 Å². The van der Waals surface area contributed by atoms with Gasteiger partial charge < -0.3 is 14.5 Å². The molecule has 2 aromatic heterocycles. The second-order valence-corrected chi connectivity index (χ2v) is 9.98. The SMILES string of the molecule is COc1ccc(S[C@@H]2C[C@@H](C(=O)NCc3cn4ccccc4n3)N(Cc3ccccc3F)C2)cc1. The van der Waals surface area contributed by atoms with E-state index in [2.05, 4.69) is 15.2 Å². The molecule has 1 fully saturated rings. The fraction of sp³-hybridized carbons (Fsp3) is 0.259. The van der Waals surface area contributed by atoms with E-state index in [1.54, 1.807) is 31.0 Å². The van der Waals surface area contributed by atoms with Gasteiger partial charge in [-0.15, -0.1) is 11.8 Å². The summed E-state index contributed by atoms with van der Waals surface area (Å²) in [7, 11) is 1.65. The molecule has 1 N–H and O–H groups in total. The average Bonchev–Trinajstić information content (AvgIpc) is 3.48. The number of methoxy groups -OCH3 is 1. The van der Waals surface area contributed by atoms with Crippen LogP contribution in [0.2, 0.25) is 0 Å². The number of nitrogens with one attached hydrogen (secondary N) is 1. The first-order valence-corrected chi connectivity index (χ1v) is 12.5. The monoisotopic (exact) mass is 490 g/mol. The molecule has 2 aromatic carbocycles. The maximum atomic E-state index is 14.4. The summed E-state index contributed by atoms with van der Waals surface area (Å²) in [5.74, 6) is 0.505. The highest BCUT2D eigenvalue weighted by molar-refractivity contribution is 8.00.